The average molecular weight is 359 g/mol. The number of aryl methyl sites for hydroxylation is 1. The first kappa shape index (κ1) is 18.1. The van der Waals surface area contributed by atoms with Gasteiger partial charge in [-0.25, -0.2) is 8.42 Å². The van der Waals surface area contributed by atoms with Crippen LogP contribution in [0.4, 0.5) is 5.69 Å². The molecule has 0 bridgehead atoms. The number of nitrogens with zero attached hydrogens (tertiary/aromatic N) is 2. The number of sulfonamides is 1. The first-order chi connectivity index (χ1) is 10.8. The second-order valence-electron chi connectivity index (χ2n) is 5.96. The van der Waals surface area contributed by atoms with Crippen molar-refractivity contribution in [1.82, 2.24) is 4.90 Å². The Morgan fingerprint density at radius 2 is 1.91 bits per heavy atom. The van der Waals surface area contributed by atoms with Crippen molar-refractivity contribution in [3.8, 4) is 0 Å². The molecule has 5 nitrogen and oxygen atoms in total. The highest BCUT2D eigenvalue weighted by atomic mass is 35.5. The molecular formula is C16H23ClN2O3S. The van der Waals surface area contributed by atoms with E-state index in [-0.39, 0.29) is 18.9 Å². The van der Waals surface area contributed by atoms with Gasteiger partial charge in [-0.15, -0.1) is 0 Å². The van der Waals surface area contributed by atoms with Crippen molar-refractivity contribution in [3.63, 3.8) is 0 Å². The third-order valence-corrected chi connectivity index (χ3v) is 5.68. The number of amides is 1. The maximum atomic E-state index is 12.3. The minimum atomic E-state index is -3.47. The van der Waals surface area contributed by atoms with Crippen LogP contribution in [0.15, 0.2) is 18.2 Å². The Hall–Kier alpha value is -1.27. The summed E-state index contributed by atoms with van der Waals surface area (Å²) >= 11 is 6.10. The largest absolute Gasteiger partial charge is 0.343 e. The van der Waals surface area contributed by atoms with E-state index in [9.17, 15) is 13.2 Å². The van der Waals surface area contributed by atoms with Crippen LogP contribution in [0.1, 0.15) is 31.2 Å². The molecule has 0 unspecified atom stereocenters. The lowest BCUT2D eigenvalue weighted by atomic mass is 10.1. The molecule has 0 spiro atoms. The van der Waals surface area contributed by atoms with E-state index in [2.05, 4.69) is 0 Å². The van der Waals surface area contributed by atoms with E-state index in [0.717, 1.165) is 44.2 Å². The van der Waals surface area contributed by atoms with Gasteiger partial charge < -0.3 is 4.90 Å². The van der Waals surface area contributed by atoms with E-state index >= 15 is 0 Å². The first-order valence-corrected chi connectivity index (χ1v) is 10.0. The lowest BCUT2D eigenvalue weighted by Crippen LogP contribution is -2.39. The Morgan fingerprint density at radius 3 is 2.48 bits per heavy atom. The number of hydrogen-bond acceptors (Lipinski definition) is 3. The van der Waals surface area contributed by atoms with Crippen molar-refractivity contribution in [1.29, 1.82) is 0 Å². The van der Waals surface area contributed by atoms with E-state index in [1.165, 1.54) is 4.31 Å². The predicted molar refractivity (Wildman–Crippen MR) is 93.4 cm³/mol. The molecule has 128 valence electrons. The van der Waals surface area contributed by atoms with Crippen molar-refractivity contribution >= 4 is 33.2 Å². The topological polar surface area (TPSA) is 57.7 Å². The van der Waals surface area contributed by atoms with Gasteiger partial charge in [0.05, 0.1) is 11.9 Å². The summed E-state index contributed by atoms with van der Waals surface area (Å²) in [7, 11) is -3.47. The minimum Gasteiger partial charge on any atom is -0.343 e. The second-order valence-corrected chi connectivity index (χ2v) is 8.27. The predicted octanol–water partition coefficient (Wildman–Crippen LogP) is 2.82. The van der Waals surface area contributed by atoms with Gasteiger partial charge in [0, 0.05) is 31.1 Å². The smallest absolute Gasteiger partial charge is 0.232 e. The summed E-state index contributed by atoms with van der Waals surface area (Å²) in [5.41, 5.74) is 1.38. The summed E-state index contributed by atoms with van der Waals surface area (Å²) in [5, 5.41) is 0.513. The van der Waals surface area contributed by atoms with Gasteiger partial charge >= 0.3 is 0 Å². The Kier molecular flexibility index (Phi) is 5.92. The molecule has 1 amide bonds. The van der Waals surface area contributed by atoms with Gasteiger partial charge in [-0.2, -0.15) is 0 Å². The molecule has 7 heteroatoms. The van der Waals surface area contributed by atoms with Crippen LogP contribution < -0.4 is 4.31 Å². The number of rotatable bonds is 5. The standard InChI is InChI=1S/C16H23ClN2O3S/c1-13-6-7-14(12-15(13)17)19(23(2,21)22)11-8-16(20)18-9-4-3-5-10-18/h6-7,12H,3-5,8-11H2,1-2H3. The van der Waals surface area contributed by atoms with Gasteiger partial charge in [0.1, 0.15) is 0 Å². The minimum absolute atomic E-state index is 0.0107. The van der Waals surface area contributed by atoms with Crippen molar-refractivity contribution in [3.05, 3.63) is 28.8 Å². The average Bonchev–Trinajstić information content (AvgIpc) is 2.50. The Bertz CT molecular complexity index is 670. The number of halogens is 1. The van der Waals surface area contributed by atoms with Crippen LogP contribution in [-0.2, 0) is 14.8 Å². The second kappa shape index (κ2) is 7.53. The van der Waals surface area contributed by atoms with Crippen LogP contribution in [0.5, 0.6) is 0 Å². The number of carbonyl (C=O) groups is 1. The number of benzene rings is 1. The molecule has 1 aliphatic rings. The molecule has 1 heterocycles. The molecule has 0 atom stereocenters. The molecule has 1 aromatic rings. The Balaban J connectivity index is 2.10. The van der Waals surface area contributed by atoms with Gasteiger partial charge in [-0.3, -0.25) is 9.10 Å². The molecule has 1 fully saturated rings. The first-order valence-electron chi connectivity index (χ1n) is 7.80. The zero-order valence-corrected chi connectivity index (χ0v) is 15.2. The number of hydrogen-bond donors (Lipinski definition) is 0. The maximum absolute atomic E-state index is 12.3. The van der Waals surface area contributed by atoms with E-state index in [0.29, 0.717) is 10.7 Å². The van der Waals surface area contributed by atoms with E-state index < -0.39 is 10.0 Å². The molecule has 1 saturated heterocycles. The summed E-state index contributed by atoms with van der Waals surface area (Å²) in [6.45, 7) is 3.53. The van der Waals surface area contributed by atoms with Crippen LogP contribution in [0, 0.1) is 6.92 Å². The van der Waals surface area contributed by atoms with Gasteiger partial charge in [0.15, 0.2) is 0 Å². The van der Waals surface area contributed by atoms with Gasteiger partial charge in [-0.1, -0.05) is 17.7 Å². The number of piperidine rings is 1. The molecule has 0 saturated carbocycles. The molecular weight excluding hydrogens is 336 g/mol. The van der Waals surface area contributed by atoms with E-state index in [1.54, 1.807) is 18.2 Å². The van der Waals surface area contributed by atoms with Crippen molar-refractivity contribution in [2.24, 2.45) is 0 Å². The quantitative estimate of drug-likeness (QED) is 0.813. The Labute approximate surface area is 143 Å². The van der Waals surface area contributed by atoms with Crippen LogP contribution in [-0.4, -0.2) is 45.1 Å². The summed E-state index contributed by atoms with van der Waals surface area (Å²) in [5.74, 6) is 0.0107. The Morgan fingerprint density at radius 1 is 1.26 bits per heavy atom. The van der Waals surface area contributed by atoms with Crippen LogP contribution in [0.2, 0.25) is 5.02 Å². The highest BCUT2D eigenvalue weighted by molar-refractivity contribution is 7.92. The summed E-state index contributed by atoms with van der Waals surface area (Å²) < 4.78 is 25.4. The fourth-order valence-corrected chi connectivity index (χ4v) is 3.82. The monoisotopic (exact) mass is 358 g/mol. The molecule has 0 aliphatic carbocycles. The fraction of sp³-hybridized carbons (Fsp3) is 0.562. The number of anilines is 1. The van der Waals surface area contributed by atoms with Crippen LogP contribution >= 0.6 is 11.6 Å². The summed E-state index contributed by atoms with van der Waals surface area (Å²) in [6, 6.07) is 5.12. The van der Waals surface area contributed by atoms with Gasteiger partial charge in [0.2, 0.25) is 15.9 Å². The molecule has 1 aromatic carbocycles. The van der Waals surface area contributed by atoms with Crippen molar-refractivity contribution in [2.75, 3.05) is 30.2 Å². The van der Waals surface area contributed by atoms with Crippen LogP contribution in [0.3, 0.4) is 0 Å². The summed E-state index contributed by atoms with van der Waals surface area (Å²) in [6.07, 6.45) is 4.52. The molecule has 1 aliphatic heterocycles. The maximum Gasteiger partial charge on any atom is 0.232 e. The molecule has 23 heavy (non-hydrogen) atoms. The highest BCUT2D eigenvalue weighted by Gasteiger charge is 2.22. The van der Waals surface area contributed by atoms with Gasteiger partial charge in [-0.05, 0) is 43.9 Å². The fourth-order valence-electron chi connectivity index (χ4n) is 2.72. The zero-order chi connectivity index (χ0) is 17.0. The number of likely N-dealkylation sites (tertiary alicyclic amines) is 1. The van der Waals surface area contributed by atoms with E-state index in [1.807, 2.05) is 11.8 Å². The SMILES string of the molecule is Cc1ccc(N(CCC(=O)N2CCCCC2)S(C)(=O)=O)cc1Cl. The molecule has 0 N–H and O–H groups in total. The lowest BCUT2D eigenvalue weighted by molar-refractivity contribution is -0.131. The lowest BCUT2D eigenvalue weighted by Gasteiger charge is -2.28. The third-order valence-electron chi connectivity index (χ3n) is 4.08. The zero-order valence-electron chi connectivity index (χ0n) is 13.6. The van der Waals surface area contributed by atoms with Crippen molar-refractivity contribution < 1.29 is 13.2 Å². The third kappa shape index (κ3) is 4.85. The van der Waals surface area contributed by atoms with E-state index in [4.69, 9.17) is 11.6 Å². The summed E-state index contributed by atoms with van der Waals surface area (Å²) in [4.78, 5) is 14.1. The highest BCUT2D eigenvalue weighted by Crippen LogP contribution is 2.25. The normalized spacial score (nSPS) is 15.5. The van der Waals surface area contributed by atoms with Gasteiger partial charge in [0.25, 0.3) is 0 Å². The number of carbonyl (C=O) groups excluding carboxylic acids is 1. The molecule has 0 aromatic heterocycles. The van der Waals surface area contributed by atoms with Crippen LogP contribution in [0.25, 0.3) is 0 Å². The van der Waals surface area contributed by atoms with Crippen molar-refractivity contribution in [2.45, 2.75) is 32.6 Å². The molecule has 0 radical (unpaired) electrons. The molecule has 2 rings (SSSR count).